The van der Waals surface area contributed by atoms with E-state index in [4.69, 9.17) is 21.1 Å². The van der Waals surface area contributed by atoms with Gasteiger partial charge in [0.15, 0.2) is 0 Å². The second kappa shape index (κ2) is 7.47. The number of halogens is 1. The highest BCUT2D eigenvalue weighted by molar-refractivity contribution is 8.00. The van der Waals surface area contributed by atoms with Crippen molar-refractivity contribution in [3.8, 4) is 11.5 Å². The largest absolute Gasteiger partial charge is 0.495 e. The van der Waals surface area contributed by atoms with Crippen molar-refractivity contribution in [3.05, 3.63) is 40.9 Å². The summed E-state index contributed by atoms with van der Waals surface area (Å²) in [6.45, 7) is 1.84. The second-order valence-corrected chi connectivity index (χ2v) is 7.39. The van der Waals surface area contributed by atoms with Crippen LogP contribution in [-0.4, -0.2) is 31.3 Å². The summed E-state index contributed by atoms with van der Waals surface area (Å²) in [7, 11) is 2.98. The zero-order valence-corrected chi connectivity index (χ0v) is 16.0. The fraction of sp³-hybridized carbons (Fsp3) is 0.222. The third kappa shape index (κ3) is 3.59. The molecule has 0 aliphatic carbocycles. The first-order valence-corrected chi connectivity index (χ1v) is 9.03. The fourth-order valence-corrected chi connectivity index (χ4v) is 3.66. The van der Waals surface area contributed by atoms with Crippen LogP contribution in [0.2, 0.25) is 5.02 Å². The third-order valence-electron chi connectivity index (χ3n) is 3.89. The van der Waals surface area contributed by atoms with Crippen molar-refractivity contribution in [2.75, 3.05) is 24.9 Å². The van der Waals surface area contributed by atoms with Gasteiger partial charge in [-0.15, -0.1) is 11.8 Å². The van der Waals surface area contributed by atoms with Crippen LogP contribution in [0.5, 0.6) is 11.5 Å². The molecule has 0 saturated carbocycles. The molecule has 26 heavy (non-hydrogen) atoms. The number of fused-ring (bicyclic) bond motifs is 1. The van der Waals surface area contributed by atoms with Crippen LogP contribution in [0.4, 0.5) is 11.4 Å². The molecule has 2 aromatic carbocycles. The van der Waals surface area contributed by atoms with Crippen LogP contribution in [0, 0.1) is 0 Å². The number of ether oxygens (including phenoxy) is 2. The van der Waals surface area contributed by atoms with Gasteiger partial charge in [0.05, 0.1) is 35.9 Å². The van der Waals surface area contributed by atoms with Crippen LogP contribution >= 0.6 is 23.4 Å². The molecule has 1 atom stereocenters. The van der Waals surface area contributed by atoms with E-state index in [9.17, 15) is 9.59 Å². The molecule has 3 rings (SSSR count). The number of anilines is 2. The van der Waals surface area contributed by atoms with E-state index in [0.717, 1.165) is 4.90 Å². The molecule has 8 heteroatoms. The Hall–Kier alpha value is -2.38. The number of rotatable bonds is 4. The Morgan fingerprint density at radius 1 is 1.19 bits per heavy atom. The lowest BCUT2D eigenvalue weighted by atomic mass is 10.1. The number of carbonyl (C=O) groups is 2. The molecule has 1 aliphatic rings. The summed E-state index contributed by atoms with van der Waals surface area (Å²) in [6.07, 6.45) is 0. The topological polar surface area (TPSA) is 76.7 Å². The van der Waals surface area contributed by atoms with E-state index in [1.54, 1.807) is 24.3 Å². The third-order valence-corrected chi connectivity index (χ3v) is 5.37. The fourth-order valence-electron chi connectivity index (χ4n) is 2.50. The number of thioether (sulfide) groups is 1. The van der Waals surface area contributed by atoms with Crippen molar-refractivity contribution in [1.82, 2.24) is 0 Å². The highest BCUT2D eigenvalue weighted by atomic mass is 35.5. The first kappa shape index (κ1) is 18.4. The van der Waals surface area contributed by atoms with Gasteiger partial charge in [0.25, 0.3) is 5.91 Å². The minimum absolute atomic E-state index is 0.0795. The number of nitrogens with one attached hydrogen (secondary N) is 2. The Morgan fingerprint density at radius 2 is 1.92 bits per heavy atom. The lowest BCUT2D eigenvalue weighted by Gasteiger charge is -2.21. The molecule has 0 saturated heterocycles. The molecule has 136 valence electrons. The molecule has 6 nitrogen and oxygen atoms in total. The molecule has 0 aromatic heterocycles. The quantitative estimate of drug-likeness (QED) is 0.821. The molecule has 1 heterocycles. The maximum absolute atomic E-state index is 12.6. The molecule has 0 bridgehead atoms. The van der Waals surface area contributed by atoms with Crippen LogP contribution in [0.3, 0.4) is 0 Å². The van der Waals surface area contributed by atoms with Crippen molar-refractivity contribution in [2.24, 2.45) is 0 Å². The lowest BCUT2D eigenvalue weighted by molar-refractivity contribution is -0.115. The van der Waals surface area contributed by atoms with Crippen LogP contribution in [-0.2, 0) is 4.79 Å². The monoisotopic (exact) mass is 392 g/mol. The molecule has 2 aromatic rings. The summed E-state index contributed by atoms with van der Waals surface area (Å²) in [5, 5.41) is 5.82. The van der Waals surface area contributed by atoms with Gasteiger partial charge >= 0.3 is 0 Å². The summed E-state index contributed by atoms with van der Waals surface area (Å²) in [5.41, 5.74) is 1.48. The first-order valence-electron chi connectivity index (χ1n) is 7.77. The van der Waals surface area contributed by atoms with E-state index in [1.165, 1.54) is 26.0 Å². The lowest BCUT2D eigenvalue weighted by Crippen LogP contribution is -2.26. The minimum atomic E-state index is -0.339. The van der Waals surface area contributed by atoms with Gasteiger partial charge in [-0.1, -0.05) is 11.6 Å². The van der Waals surface area contributed by atoms with Crippen molar-refractivity contribution < 1.29 is 19.1 Å². The van der Waals surface area contributed by atoms with E-state index in [0.29, 0.717) is 33.5 Å². The van der Waals surface area contributed by atoms with Crippen molar-refractivity contribution in [2.45, 2.75) is 17.1 Å². The summed E-state index contributed by atoms with van der Waals surface area (Å²) in [6, 6.07) is 8.36. The van der Waals surface area contributed by atoms with Crippen molar-refractivity contribution in [1.29, 1.82) is 0 Å². The number of carbonyl (C=O) groups excluding carboxylic acids is 2. The molecular weight excluding hydrogens is 376 g/mol. The Balaban J connectivity index is 1.87. The molecule has 0 unspecified atom stereocenters. The summed E-state index contributed by atoms with van der Waals surface area (Å²) in [4.78, 5) is 25.4. The van der Waals surface area contributed by atoms with Gasteiger partial charge in [-0.3, -0.25) is 9.59 Å². The zero-order valence-electron chi connectivity index (χ0n) is 14.4. The van der Waals surface area contributed by atoms with E-state index in [2.05, 4.69) is 10.6 Å². The first-order chi connectivity index (χ1) is 12.4. The van der Waals surface area contributed by atoms with Crippen LogP contribution in [0.25, 0.3) is 0 Å². The standard InChI is InChI=1S/C18H17ClN2O4S/c1-9-17(22)21-13-6-10(4-5-16(13)26-9)18(23)20-12-8-14(24-2)11(19)7-15(12)25-3/h4-9H,1-3H3,(H,20,23)(H,21,22)/t9-/m0/s1. The van der Waals surface area contributed by atoms with Crippen molar-refractivity contribution >= 4 is 46.6 Å². The molecule has 1 aliphatic heterocycles. The van der Waals surface area contributed by atoms with Crippen LogP contribution in [0.1, 0.15) is 17.3 Å². The van der Waals surface area contributed by atoms with E-state index < -0.39 is 0 Å². The number of benzene rings is 2. The number of hydrogen-bond donors (Lipinski definition) is 2. The van der Waals surface area contributed by atoms with Gasteiger partial charge in [-0.25, -0.2) is 0 Å². The number of amides is 2. The Bertz CT molecular complexity index is 888. The summed E-state index contributed by atoms with van der Waals surface area (Å²) in [5.74, 6) is 0.420. The van der Waals surface area contributed by atoms with Gasteiger partial charge in [0.2, 0.25) is 5.91 Å². The van der Waals surface area contributed by atoms with Crippen LogP contribution < -0.4 is 20.1 Å². The zero-order chi connectivity index (χ0) is 18.8. The molecule has 2 N–H and O–H groups in total. The predicted octanol–water partition coefficient (Wildman–Crippen LogP) is 4.04. The van der Waals surface area contributed by atoms with E-state index in [-0.39, 0.29) is 17.1 Å². The Labute approximate surface area is 160 Å². The number of hydrogen-bond acceptors (Lipinski definition) is 5. The maximum atomic E-state index is 12.6. The Kier molecular flexibility index (Phi) is 5.29. The molecule has 0 radical (unpaired) electrons. The normalized spacial score (nSPS) is 15.7. The molecule has 2 amide bonds. The average Bonchev–Trinajstić information content (AvgIpc) is 2.63. The van der Waals surface area contributed by atoms with Gasteiger partial charge in [-0.2, -0.15) is 0 Å². The molecule has 0 fully saturated rings. The highest BCUT2D eigenvalue weighted by Gasteiger charge is 2.24. The van der Waals surface area contributed by atoms with Crippen LogP contribution in [0.15, 0.2) is 35.2 Å². The highest BCUT2D eigenvalue weighted by Crippen LogP contribution is 2.38. The minimum Gasteiger partial charge on any atom is -0.495 e. The predicted molar refractivity (Wildman–Crippen MR) is 103 cm³/mol. The van der Waals surface area contributed by atoms with E-state index >= 15 is 0 Å². The maximum Gasteiger partial charge on any atom is 0.255 e. The van der Waals surface area contributed by atoms with E-state index in [1.807, 2.05) is 13.0 Å². The van der Waals surface area contributed by atoms with Crippen molar-refractivity contribution in [3.63, 3.8) is 0 Å². The van der Waals surface area contributed by atoms with Gasteiger partial charge in [-0.05, 0) is 25.1 Å². The SMILES string of the molecule is COc1cc(NC(=O)c2ccc3c(c2)NC(=O)[C@H](C)S3)c(OC)cc1Cl. The summed E-state index contributed by atoms with van der Waals surface area (Å²) < 4.78 is 10.4. The Morgan fingerprint density at radius 3 is 2.62 bits per heavy atom. The molecule has 0 spiro atoms. The van der Waals surface area contributed by atoms with Gasteiger partial charge < -0.3 is 20.1 Å². The molecular formula is C18H17ClN2O4S. The summed E-state index contributed by atoms with van der Waals surface area (Å²) >= 11 is 7.54. The smallest absolute Gasteiger partial charge is 0.255 e. The number of methoxy groups -OCH3 is 2. The second-order valence-electron chi connectivity index (χ2n) is 5.60. The average molecular weight is 393 g/mol. The van der Waals surface area contributed by atoms with Gasteiger partial charge in [0, 0.05) is 22.6 Å². The van der Waals surface area contributed by atoms with Gasteiger partial charge in [0.1, 0.15) is 11.5 Å².